The number of esters is 1. The summed E-state index contributed by atoms with van der Waals surface area (Å²) in [6.45, 7) is 10.4. The maximum Gasteiger partial charge on any atom is 0.312 e. The number of carbonyl (C=O) groups is 1. The molecule has 0 aliphatic carbocycles. The van der Waals surface area contributed by atoms with Crippen LogP contribution in [0.1, 0.15) is 33.6 Å². The van der Waals surface area contributed by atoms with Gasteiger partial charge in [0, 0.05) is 12.6 Å². The van der Waals surface area contributed by atoms with Crippen molar-refractivity contribution in [2.75, 3.05) is 40.3 Å². The van der Waals surface area contributed by atoms with E-state index in [1.807, 2.05) is 13.8 Å². The Morgan fingerprint density at radius 2 is 1.94 bits per heavy atom. The summed E-state index contributed by atoms with van der Waals surface area (Å²) in [6, 6.07) is 0.594. The van der Waals surface area contributed by atoms with Crippen molar-refractivity contribution in [3.63, 3.8) is 0 Å². The molecule has 1 fully saturated rings. The van der Waals surface area contributed by atoms with Crippen molar-refractivity contribution < 1.29 is 9.53 Å². The highest BCUT2D eigenvalue weighted by Crippen LogP contribution is 2.22. The standard InChI is InChI=1S/C14H28N2O2/c1-6-16-9-7-12(8-10-16)15(4)11-14(2,3)13(17)18-5/h12H,6-11H2,1-5H3. The SMILES string of the molecule is CCN1CCC(N(C)CC(C)(C)C(=O)OC)CC1. The summed E-state index contributed by atoms with van der Waals surface area (Å²) in [5.74, 6) is -0.125. The summed E-state index contributed by atoms with van der Waals surface area (Å²) >= 11 is 0. The first-order valence-corrected chi connectivity index (χ1v) is 6.91. The van der Waals surface area contributed by atoms with Crippen LogP contribution in [0, 0.1) is 5.41 Å². The second-order valence-electron chi connectivity index (χ2n) is 5.96. The molecule has 1 rings (SSSR count). The van der Waals surface area contributed by atoms with Crippen LogP contribution in [0.2, 0.25) is 0 Å². The Balaban J connectivity index is 2.46. The van der Waals surface area contributed by atoms with Gasteiger partial charge >= 0.3 is 5.97 Å². The molecule has 0 saturated carbocycles. The third-order valence-electron chi connectivity index (χ3n) is 4.01. The number of ether oxygens (including phenoxy) is 1. The fraction of sp³-hybridized carbons (Fsp3) is 0.929. The molecule has 18 heavy (non-hydrogen) atoms. The lowest BCUT2D eigenvalue weighted by Gasteiger charge is -2.38. The van der Waals surface area contributed by atoms with Crippen molar-refractivity contribution in [2.45, 2.75) is 39.7 Å². The summed E-state index contributed by atoms with van der Waals surface area (Å²) in [4.78, 5) is 16.5. The number of hydrogen-bond donors (Lipinski definition) is 0. The van der Waals surface area contributed by atoms with Gasteiger partial charge in [-0.2, -0.15) is 0 Å². The molecule has 4 heteroatoms. The zero-order valence-electron chi connectivity index (χ0n) is 12.5. The molecule has 106 valence electrons. The van der Waals surface area contributed by atoms with E-state index in [0.29, 0.717) is 6.04 Å². The summed E-state index contributed by atoms with van der Waals surface area (Å²) < 4.78 is 4.86. The molecule has 0 radical (unpaired) electrons. The number of likely N-dealkylation sites (tertiary alicyclic amines) is 1. The lowest BCUT2D eigenvalue weighted by Crippen LogP contribution is -2.47. The topological polar surface area (TPSA) is 32.8 Å². The maximum atomic E-state index is 11.7. The first-order chi connectivity index (χ1) is 8.40. The first kappa shape index (κ1) is 15.4. The molecule has 0 aromatic carbocycles. The molecular weight excluding hydrogens is 228 g/mol. The van der Waals surface area contributed by atoms with E-state index in [2.05, 4.69) is 23.8 Å². The van der Waals surface area contributed by atoms with Crippen molar-refractivity contribution in [2.24, 2.45) is 5.41 Å². The second kappa shape index (κ2) is 6.53. The molecule has 1 aliphatic rings. The number of piperidine rings is 1. The third kappa shape index (κ3) is 3.95. The van der Waals surface area contributed by atoms with E-state index in [4.69, 9.17) is 4.74 Å². The van der Waals surface area contributed by atoms with Crippen LogP contribution in [-0.4, -0.2) is 62.1 Å². The van der Waals surface area contributed by atoms with Gasteiger partial charge < -0.3 is 14.5 Å². The van der Waals surface area contributed by atoms with E-state index in [0.717, 1.165) is 13.1 Å². The highest BCUT2D eigenvalue weighted by molar-refractivity contribution is 5.76. The van der Waals surface area contributed by atoms with Gasteiger partial charge in [0.05, 0.1) is 12.5 Å². The van der Waals surface area contributed by atoms with Crippen molar-refractivity contribution in [1.29, 1.82) is 0 Å². The molecule has 0 atom stereocenters. The Morgan fingerprint density at radius 1 is 1.39 bits per heavy atom. The third-order valence-corrected chi connectivity index (χ3v) is 4.01. The van der Waals surface area contributed by atoms with Crippen LogP contribution < -0.4 is 0 Å². The molecule has 0 amide bonds. The molecule has 0 unspecified atom stereocenters. The van der Waals surface area contributed by atoms with Gasteiger partial charge in [0.2, 0.25) is 0 Å². The summed E-state index contributed by atoms with van der Waals surface area (Å²) in [7, 11) is 3.58. The molecular formula is C14H28N2O2. The Bertz CT molecular complexity index is 271. The molecule has 0 aromatic rings. The predicted octanol–water partition coefficient (Wildman–Crippen LogP) is 1.60. The highest BCUT2D eigenvalue weighted by atomic mass is 16.5. The zero-order chi connectivity index (χ0) is 13.8. The van der Waals surface area contributed by atoms with Gasteiger partial charge in [-0.15, -0.1) is 0 Å². The number of hydrogen-bond acceptors (Lipinski definition) is 4. The van der Waals surface area contributed by atoms with Gasteiger partial charge in [0.1, 0.15) is 0 Å². The zero-order valence-corrected chi connectivity index (χ0v) is 12.5. The number of methoxy groups -OCH3 is 1. The maximum absolute atomic E-state index is 11.7. The van der Waals surface area contributed by atoms with E-state index in [9.17, 15) is 4.79 Å². The fourth-order valence-electron chi connectivity index (χ4n) is 2.77. The average Bonchev–Trinajstić information content (AvgIpc) is 2.37. The molecule has 0 spiro atoms. The fourth-order valence-corrected chi connectivity index (χ4v) is 2.77. The number of carbonyl (C=O) groups excluding carboxylic acids is 1. The minimum Gasteiger partial charge on any atom is -0.469 e. The molecule has 0 bridgehead atoms. The number of nitrogens with zero attached hydrogens (tertiary/aromatic N) is 2. The van der Waals surface area contributed by atoms with Gasteiger partial charge in [0.25, 0.3) is 0 Å². The smallest absolute Gasteiger partial charge is 0.312 e. The Morgan fingerprint density at radius 3 is 2.39 bits per heavy atom. The van der Waals surface area contributed by atoms with E-state index in [-0.39, 0.29) is 5.97 Å². The lowest BCUT2D eigenvalue weighted by molar-refractivity contribution is -0.152. The van der Waals surface area contributed by atoms with Crippen LogP contribution >= 0.6 is 0 Å². The molecule has 1 saturated heterocycles. The quantitative estimate of drug-likeness (QED) is 0.700. The van der Waals surface area contributed by atoms with Crippen LogP contribution in [0.3, 0.4) is 0 Å². The number of rotatable bonds is 5. The molecule has 1 aliphatic heterocycles. The van der Waals surface area contributed by atoms with Crippen LogP contribution in [0.4, 0.5) is 0 Å². The molecule has 0 aromatic heterocycles. The van der Waals surface area contributed by atoms with Gasteiger partial charge in [0.15, 0.2) is 0 Å². The Labute approximate surface area is 111 Å². The first-order valence-electron chi connectivity index (χ1n) is 6.91. The minimum atomic E-state index is -0.425. The van der Waals surface area contributed by atoms with Gasteiger partial charge in [-0.1, -0.05) is 6.92 Å². The summed E-state index contributed by atoms with van der Waals surface area (Å²) in [6.07, 6.45) is 2.39. The van der Waals surface area contributed by atoms with Crippen LogP contribution in [0.25, 0.3) is 0 Å². The highest BCUT2D eigenvalue weighted by Gasteiger charge is 2.32. The van der Waals surface area contributed by atoms with E-state index < -0.39 is 5.41 Å². The average molecular weight is 256 g/mol. The van der Waals surface area contributed by atoms with Crippen LogP contribution in [0.15, 0.2) is 0 Å². The molecule has 0 N–H and O–H groups in total. The van der Waals surface area contributed by atoms with Gasteiger partial charge in [-0.3, -0.25) is 4.79 Å². The van der Waals surface area contributed by atoms with Crippen molar-refractivity contribution in [3.8, 4) is 0 Å². The van der Waals surface area contributed by atoms with Gasteiger partial charge in [-0.05, 0) is 53.4 Å². The molecule has 4 nitrogen and oxygen atoms in total. The van der Waals surface area contributed by atoms with Crippen molar-refractivity contribution in [3.05, 3.63) is 0 Å². The van der Waals surface area contributed by atoms with Crippen molar-refractivity contribution >= 4 is 5.97 Å². The van der Waals surface area contributed by atoms with E-state index in [1.165, 1.54) is 33.0 Å². The minimum absolute atomic E-state index is 0.125. The van der Waals surface area contributed by atoms with Crippen LogP contribution in [0.5, 0.6) is 0 Å². The molecule has 1 heterocycles. The predicted molar refractivity (Wildman–Crippen MR) is 73.6 cm³/mol. The largest absolute Gasteiger partial charge is 0.469 e. The van der Waals surface area contributed by atoms with Gasteiger partial charge in [-0.25, -0.2) is 0 Å². The normalized spacial score (nSPS) is 19.2. The van der Waals surface area contributed by atoms with Crippen LogP contribution in [-0.2, 0) is 9.53 Å². The lowest BCUT2D eigenvalue weighted by atomic mass is 9.91. The second-order valence-corrected chi connectivity index (χ2v) is 5.96. The Hall–Kier alpha value is -0.610. The monoisotopic (exact) mass is 256 g/mol. The summed E-state index contributed by atoms with van der Waals surface area (Å²) in [5, 5.41) is 0. The van der Waals surface area contributed by atoms with E-state index in [1.54, 1.807) is 0 Å². The van der Waals surface area contributed by atoms with Crippen molar-refractivity contribution in [1.82, 2.24) is 9.80 Å². The Kier molecular flexibility index (Phi) is 5.60. The van der Waals surface area contributed by atoms with E-state index >= 15 is 0 Å². The summed E-state index contributed by atoms with van der Waals surface area (Å²) in [5.41, 5.74) is -0.425.